The molecule has 1 N–H and O–H groups in total. The van der Waals surface area contributed by atoms with Gasteiger partial charge in [-0.25, -0.2) is 4.79 Å². The molecule has 1 aliphatic rings. The highest BCUT2D eigenvalue weighted by molar-refractivity contribution is 5.89. The maximum atomic E-state index is 12.2. The number of carbonyl (C=O) groups excluding carboxylic acids is 1. The summed E-state index contributed by atoms with van der Waals surface area (Å²) in [4.78, 5) is 12.2. The summed E-state index contributed by atoms with van der Waals surface area (Å²) < 4.78 is 16.8. The molecular formula is C20H22O5. The topological polar surface area (TPSA) is 65.0 Å². The van der Waals surface area contributed by atoms with E-state index in [1.165, 1.54) is 0 Å². The van der Waals surface area contributed by atoms with Crippen LogP contribution in [0.15, 0.2) is 60.7 Å². The molecule has 0 spiro atoms. The lowest BCUT2D eigenvalue weighted by molar-refractivity contribution is -0.253. The first-order valence-electron chi connectivity index (χ1n) is 8.38. The standard InChI is InChI=1S/C20H22O5/c1-14-17(25-19(21)16-10-6-3-7-11-16)12-18(20(22)24-14)23-13-15-8-4-2-5-9-15/h2-11,14,17-18,20,22H,12-13H2,1H3/t14-,17-,18-,20?/m0/s1. The van der Waals surface area contributed by atoms with Gasteiger partial charge in [0.25, 0.3) is 0 Å². The first-order valence-corrected chi connectivity index (χ1v) is 8.38. The van der Waals surface area contributed by atoms with Gasteiger partial charge in [0.1, 0.15) is 12.2 Å². The van der Waals surface area contributed by atoms with Crippen molar-refractivity contribution >= 4 is 5.97 Å². The molecule has 2 aromatic carbocycles. The molecule has 0 saturated carbocycles. The van der Waals surface area contributed by atoms with Crippen LogP contribution in [0, 0.1) is 0 Å². The SMILES string of the molecule is C[C@@H]1OC(O)[C@@H](OCc2ccccc2)C[C@@H]1OC(=O)c1ccccc1. The van der Waals surface area contributed by atoms with E-state index in [4.69, 9.17) is 14.2 Å². The average Bonchev–Trinajstić information content (AvgIpc) is 2.64. The van der Waals surface area contributed by atoms with Crippen LogP contribution in [0.3, 0.4) is 0 Å². The third-order valence-electron chi connectivity index (χ3n) is 4.24. The molecular weight excluding hydrogens is 320 g/mol. The summed E-state index contributed by atoms with van der Waals surface area (Å²) in [5, 5.41) is 10.1. The predicted octanol–water partition coefficient (Wildman–Crippen LogP) is 2.92. The largest absolute Gasteiger partial charge is 0.456 e. The number of ether oxygens (including phenoxy) is 3. The third-order valence-corrected chi connectivity index (χ3v) is 4.24. The number of carbonyl (C=O) groups is 1. The molecule has 132 valence electrons. The van der Waals surface area contributed by atoms with Gasteiger partial charge in [-0.3, -0.25) is 0 Å². The number of rotatable bonds is 5. The van der Waals surface area contributed by atoms with Crippen molar-refractivity contribution in [2.24, 2.45) is 0 Å². The van der Waals surface area contributed by atoms with E-state index >= 15 is 0 Å². The third kappa shape index (κ3) is 4.66. The van der Waals surface area contributed by atoms with Crippen LogP contribution >= 0.6 is 0 Å². The summed E-state index contributed by atoms with van der Waals surface area (Å²) in [6.45, 7) is 2.14. The van der Waals surface area contributed by atoms with Crippen LogP contribution < -0.4 is 0 Å². The normalized spacial score (nSPS) is 26.2. The Bertz CT molecular complexity index is 673. The Hall–Kier alpha value is -2.21. The number of aliphatic hydroxyl groups excluding tert-OH is 1. The van der Waals surface area contributed by atoms with Crippen LogP contribution in [0.1, 0.15) is 29.3 Å². The van der Waals surface area contributed by atoms with Crippen LogP contribution in [-0.4, -0.2) is 35.7 Å². The fourth-order valence-electron chi connectivity index (χ4n) is 2.78. The van der Waals surface area contributed by atoms with E-state index < -0.39 is 30.6 Å². The van der Waals surface area contributed by atoms with Crippen molar-refractivity contribution in [1.82, 2.24) is 0 Å². The molecule has 1 aliphatic heterocycles. The molecule has 25 heavy (non-hydrogen) atoms. The van der Waals surface area contributed by atoms with E-state index in [0.717, 1.165) is 5.56 Å². The predicted molar refractivity (Wildman–Crippen MR) is 91.8 cm³/mol. The monoisotopic (exact) mass is 342 g/mol. The first-order chi connectivity index (χ1) is 12.1. The zero-order chi connectivity index (χ0) is 17.6. The summed E-state index contributed by atoms with van der Waals surface area (Å²) in [6.07, 6.45) is -2.08. The lowest BCUT2D eigenvalue weighted by atomic mass is 10.0. The lowest BCUT2D eigenvalue weighted by Gasteiger charge is -2.37. The van der Waals surface area contributed by atoms with E-state index in [1.54, 1.807) is 31.2 Å². The van der Waals surface area contributed by atoms with Crippen LogP contribution in [-0.2, 0) is 20.8 Å². The van der Waals surface area contributed by atoms with Gasteiger partial charge >= 0.3 is 5.97 Å². The second kappa shape index (κ2) is 8.25. The number of benzene rings is 2. The Kier molecular flexibility index (Phi) is 5.81. The molecule has 2 aromatic rings. The maximum absolute atomic E-state index is 12.2. The molecule has 0 bridgehead atoms. The minimum atomic E-state index is -1.04. The molecule has 0 aromatic heterocycles. The molecule has 4 atom stereocenters. The van der Waals surface area contributed by atoms with Crippen molar-refractivity contribution < 1.29 is 24.1 Å². The molecule has 1 fully saturated rings. The zero-order valence-electron chi connectivity index (χ0n) is 14.1. The molecule has 3 rings (SSSR count). The fourth-order valence-corrected chi connectivity index (χ4v) is 2.78. The molecule has 1 heterocycles. The smallest absolute Gasteiger partial charge is 0.338 e. The molecule has 1 unspecified atom stereocenters. The first kappa shape index (κ1) is 17.6. The lowest BCUT2D eigenvalue weighted by Crippen LogP contribution is -2.48. The Labute approximate surface area is 147 Å². The van der Waals surface area contributed by atoms with Gasteiger partial charge in [0, 0.05) is 6.42 Å². The molecule has 5 nitrogen and oxygen atoms in total. The zero-order valence-corrected chi connectivity index (χ0v) is 14.1. The van der Waals surface area contributed by atoms with Crippen molar-refractivity contribution in [1.29, 1.82) is 0 Å². The van der Waals surface area contributed by atoms with E-state index in [1.807, 2.05) is 36.4 Å². The fraction of sp³-hybridized carbons (Fsp3) is 0.350. The van der Waals surface area contributed by atoms with Gasteiger partial charge in [0.15, 0.2) is 6.29 Å². The van der Waals surface area contributed by atoms with Gasteiger partial charge < -0.3 is 19.3 Å². The van der Waals surface area contributed by atoms with E-state index in [0.29, 0.717) is 18.6 Å². The Balaban J connectivity index is 1.59. The molecule has 0 radical (unpaired) electrons. The van der Waals surface area contributed by atoms with Crippen molar-refractivity contribution in [3.8, 4) is 0 Å². The summed E-state index contributed by atoms with van der Waals surface area (Å²) in [5.41, 5.74) is 1.49. The van der Waals surface area contributed by atoms with Gasteiger partial charge in [-0.1, -0.05) is 48.5 Å². The Morgan fingerprint density at radius 2 is 1.72 bits per heavy atom. The number of aliphatic hydroxyl groups is 1. The van der Waals surface area contributed by atoms with Crippen molar-refractivity contribution in [2.75, 3.05) is 0 Å². The summed E-state index contributed by atoms with van der Waals surface area (Å²) >= 11 is 0. The summed E-state index contributed by atoms with van der Waals surface area (Å²) in [6, 6.07) is 18.5. The molecule has 0 aliphatic carbocycles. The maximum Gasteiger partial charge on any atom is 0.338 e. The highest BCUT2D eigenvalue weighted by Crippen LogP contribution is 2.25. The van der Waals surface area contributed by atoms with Gasteiger partial charge in [0.2, 0.25) is 0 Å². The highest BCUT2D eigenvalue weighted by Gasteiger charge is 2.38. The van der Waals surface area contributed by atoms with Gasteiger partial charge in [-0.2, -0.15) is 0 Å². The molecule has 1 saturated heterocycles. The van der Waals surface area contributed by atoms with Gasteiger partial charge in [-0.05, 0) is 24.6 Å². The molecule has 5 heteroatoms. The minimum absolute atomic E-state index is 0.361. The van der Waals surface area contributed by atoms with Crippen LogP contribution in [0.25, 0.3) is 0 Å². The number of hydrogen-bond donors (Lipinski definition) is 1. The van der Waals surface area contributed by atoms with E-state index in [9.17, 15) is 9.90 Å². The molecule has 0 amide bonds. The quantitative estimate of drug-likeness (QED) is 0.847. The van der Waals surface area contributed by atoms with E-state index in [-0.39, 0.29) is 0 Å². The van der Waals surface area contributed by atoms with E-state index in [2.05, 4.69) is 0 Å². The average molecular weight is 342 g/mol. The van der Waals surface area contributed by atoms with Crippen molar-refractivity contribution in [3.05, 3.63) is 71.8 Å². The summed E-state index contributed by atoms with van der Waals surface area (Å²) in [7, 11) is 0. The van der Waals surface area contributed by atoms with Crippen LogP contribution in [0.4, 0.5) is 0 Å². The van der Waals surface area contributed by atoms with Gasteiger partial charge in [-0.15, -0.1) is 0 Å². The highest BCUT2D eigenvalue weighted by atomic mass is 16.7. The van der Waals surface area contributed by atoms with Gasteiger partial charge in [0.05, 0.1) is 18.3 Å². The second-order valence-corrected chi connectivity index (χ2v) is 6.11. The van der Waals surface area contributed by atoms with Crippen molar-refractivity contribution in [2.45, 2.75) is 44.6 Å². The van der Waals surface area contributed by atoms with Crippen molar-refractivity contribution in [3.63, 3.8) is 0 Å². The number of hydrogen-bond acceptors (Lipinski definition) is 5. The minimum Gasteiger partial charge on any atom is -0.456 e. The van der Waals surface area contributed by atoms with Crippen LogP contribution in [0.2, 0.25) is 0 Å². The second-order valence-electron chi connectivity index (χ2n) is 6.11. The Morgan fingerprint density at radius 3 is 2.40 bits per heavy atom. The Morgan fingerprint density at radius 1 is 1.08 bits per heavy atom. The number of esters is 1. The van der Waals surface area contributed by atoms with Crippen LogP contribution in [0.5, 0.6) is 0 Å². The summed E-state index contributed by atoms with van der Waals surface area (Å²) in [5.74, 6) is -0.403.